The Kier molecular flexibility index (Phi) is 3.85. The van der Waals surface area contributed by atoms with E-state index in [0.29, 0.717) is 0 Å². The molecule has 1 aromatic heterocycles. The molecule has 7 heteroatoms. The van der Waals surface area contributed by atoms with Crippen LogP contribution >= 0.6 is 0 Å². The number of hydrogen-bond donors (Lipinski definition) is 1. The van der Waals surface area contributed by atoms with Crippen molar-refractivity contribution >= 4 is 22.6 Å². The SMILES string of the molecule is CC(C)(C)OC(=O)Cn1ccc2c(C(F)(F)F)c(N)ccc21. The molecular weight excluding hydrogens is 297 g/mol. The van der Waals surface area contributed by atoms with Crippen LogP contribution in [0.3, 0.4) is 0 Å². The van der Waals surface area contributed by atoms with E-state index in [1.54, 1.807) is 20.8 Å². The van der Waals surface area contributed by atoms with Crippen LogP contribution in [0.4, 0.5) is 18.9 Å². The van der Waals surface area contributed by atoms with E-state index in [0.717, 1.165) is 0 Å². The van der Waals surface area contributed by atoms with Crippen LogP contribution in [-0.2, 0) is 22.3 Å². The first-order valence-corrected chi connectivity index (χ1v) is 6.65. The number of carbonyl (C=O) groups excluding carboxylic acids is 1. The number of halogens is 3. The first-order valence-electron chi connectivity index (χ1n) is 6.65. The lowest BCUT2D eigenvalue weighted by Gasteiger charge is -2.20. The number of anilines is 1. The topological polar surface area (TPSA) is 57.2 Å². The fourth-order valence-corrected chi connectivity index (χ4v) is 2.26. The molecule has 1 heterocycles. The summed E-state index contributed by atoms with van der Waals surface area (Å²) in [5.74, 6) is -0.518. The molecule has 0 fully saturated rings. The third-order valence-corrected chi connectivity index (χ3v) is 2.99. The lowest BCUT2D eigenvalue weighted by molar-refractivity contribution is -0.155. The maximum atomic E-state index is 13.1. The number of aromatic nitrogens is 1. The van der Waals surface area contributed by atoms with Crippen LogP contribution in [0.1, 0.15) is 26.3 Å². The molecule has 120 valence electrons. The van der Waals surface area contributed by atoms with Crippen molar-refractivity contribution in [2.75, 3.05) is 5.73 Å². The summed E-state index contributed by atoms with van der Waals surface area (Å²) < 4.78 is 45.9. The predicted octanol–water partition coefficient (Wildman–Crippen LogP) is 3.58. The van der Waals surface area contributed by atoms with Gasteiger partial charge in [-0.15, -0.1) is 0 Å². The Hall–Kier alpha value is -2.18. The second-order valence-electron chi connectivity index (χ2n) is 5.99. The molecule has 0 spiro atoms. The van der Waals surface area contributed by atoms with Gasteiger partial charge in [0.1, 0.15) is 12.1 Å². The van der Waals surface area contributed by atoms with Crippen molar-refractivity contribution in [3.8, 4) is 0 Å². The lowest BCUT2D eigenvalue weighted by atomic mass is 10.1. The minimum absolute atomic E-state index is 0.0314. The third kappa shape index (κ3) is 3.35. The third-order valence-electron chi connectivity index (χ3n) is 2.99. The van der Waals surface area contributed by atoms with Gasteiger partial charge in [0.15, 0.2) is 0 Å². The summed E-state index contributed by atoms with van der Waals surface area (Å²) >= 11 is 0. The number of ether oxygens (including phenoxy) is 1. The maximum Gasteiger partial charge on any atom is 0.419 e. The highest BCUT2D eigenvalue weighted by atomic mass is 19.4. The molecule has 0 aliphatic rings. The summed E-state index contributed by atoms with van der Waals surface area (Å²) in [5.41, 5.74) is 3.86. The van der Waals surface area contributed by atoms with Gasteiger partial charge in [-0.2, -0.15) is 13.2 Å². The molecule has 0 unspecified atom stereocenters. The van der Waals surface area contributed by atoms with Gasteiger partial charge in [-0.25, -0.2) is 0 Å². The predicted molar refractivity (Wildman–Crippen MR) is 77.2 cm³/mol. The van der Waals surface area contributed by atoms with Crippen molar-refractivity contribution in [2.45, 2.75) is 39.1 Å². The van der Waals surface area contributed by atoms with Gasteiger partial charge in [-0.1, -0.05) is 0 Å². The van der Waals surface area contributed by atoms with Gasteiger partial charge in [0.05, 0.1) is 5.56 Å². The van der Waals surface area contributed by atoms with E-state index in [9.17, 15) is 18.0 Å². The molecule has 2 N–H and O–H groups in total. The number of nitrogens with zero attached hydrogens (tertiary/aromatic N) is 1. The smallest absolute Gasteiger partial charge is 0.419 e. The van der Waals surface area contributed by atoms with Gasteiger partial charge in [0.2, 0.25) is 0 Å². The molecule has 4 nitrogen and oxygen atoms in total. The summed E-state index contributed by atoms with van der Waals surface area (Å²) in [6.45, 7) is 5.01. The summed E-state index contributed by atoms with van der Waals surface area (Å²) in [6, 6.07) is 3.96. The number of nitrogens with two attached hydrogens (primary N) is 1. The summed E-state index contributed by atoms with van der Waals surface area (Å²) in [5, 5.41) is -0.0314. The number of fused-ring (bicyclic) bond motifs is 1. The average Bonchev–Trinajstić information content (AvgIpc) is 2.67. The molecule has 0 aliphatic carbocycles. The molecule has 2 rings (SSSR count). The van der Waals surface area contributed by atoms with E-state index < -0.39 is 23.3 Å². The van der Waals surface area contributed by atoms with Crippen LogP contribution in [0.2, 0.25) is 0 Å². The number of benzene rings is 1. The van der Waals surface area contributed by atoms with Gasteiger partial charge in [-0.3, -0.25) is 4.79 Å². The van der Waals surface area contributed by atoms with Crippen LogP contribution in [0.5, 0.6) is 0 Å². The quantitative estimate of drug-likeness (QED) is 0.681. The molecule has 22 heavy (non-hydrogen) atoms. The molecule has 1 aromatic carbocycles. The van der Waals surface area contributed by atoms with Crippen molar-refractivity contribution < 1.29 is 22.7 Å². The van der Waals surface area contributed by atoms with Gasteiger partial charge in [-0.05, 0) is 39.0 Å². The van der Waals surface area contributed by atoms with E-state index in [-0.39, 0.29) is 23.1 Å². The lowest BCUT2D eigenvalue weighted by Crippen LogP contribution is -2.26. The molecule has 2 aromatic rings. The van der Waals surface area contributed by atoms with Crippen LogP contribution < -0.4 is 5.73 Å². The summed E-state index contributed by atoms with van der Waals surface area (Å²) in [4.78, 5) is 11.8. The molecular formula is C15H17F3N2O2. The minimum atomic E-state index is -4.55. The standard InChI is InChI=1S/C15H17F3N2O2/c1-14(2,3)22-12(21)8-20-7-6-9-11(20)5-4-10(19)13(9)15(16,17)18/h4-7H,8,19H2,1-3H3. The molecule has 0 saturated heterocycles. The Morgan fingerprint density at radius 3 is 2.41 bits per heavy atom. The van der Waals surface area contributed by atoms with Crippen LogP contribution in [0.25, 0.3) is 10.9 Å². The molecule has 0 bridgehead atoms. The fourth-order valence-electron chi connectivity index (χ4n) is 2.26. The highest BCUT2D eigenvalue weighted by Gasteiger charge is 2.35. The molecule has 0 radical (unpaired) electrons. The van der Waals surface area contributed by atoms with Gasteiger partial charge < -0.3 is 15.0 Å². The van der Waals surface area contributed by atoms with Crippen LogP contribution in [-0.4, -0.2) is 16.1 Å². The van der Waals surface area contributed by atoms with E-state index >= 15 is 0 Å². The van der Waals surface area contributed by atoms with Gasteiger partial charge in [0.25, 0.3) is 0 Å². The fraction of sp³-hybridized carbons (Fsp3) is 0.400. The van der Waals surface area contributed by atoms with E-state index in [2.05, 4.69) is 0 Å². The van der Waals surface area contributed by atoms with Crippen molar-refractivity contribution in [3.63, 3.8) is 0 Å². The minimum Gasteiger partial charge on any atom is -0.459 e. The van der Waals surface area contributed by atoms with Gasteiger partial charge >= 0.3 is 12.1 Å². The number of rotatable bonds is 2. The first-order chi connectivity index (χ1) is 9.99. The Balaban J connectivity index is 2.41. The number of hydrogen-bond acceptors (Lipinski definition) is 3. The summed E-state index contributed by atoms with van der Waals surface area (Å²) in [6.07, 6.45) is -3.13. The number of esters is 1. The van der Waals surface area contributed by atoms with Crippen LogP contribution in [0, 0.1) is 0 Å². The largest absolute Gasteiger partial charge is 0.459 e. The second kappa shape index (κ2) is 5.23. The molecule has 0 aliphatic heterocycles. The maximum absolute atomic E-state index is 13.1. The number of nitrogen functional groups attached to an aromatic ring is 1. The van der Waals surface area contributed by atoms with E-state index in [1.807, 2.05) is 0 Å². The van der Waals surface area contributed by atoms with Crippen molar-refractivity contribution in [2.24, 2.45) is 0 Å². The monoisotopic (exact) mass is 314 g/mol. The Morgan fingerprint density at radius 2 is 1.86 bits per heavy atom. The highest BCUT2D eigenvalue weighted by Crippen LogP contribution is 2.39. The van der Waals surface area contributed by atoms with E-state index in [1.165, 1.54) is 29.0 Å². The zero-order valence-electron chi connectivity index (χ0n) is 12.5. The highest BCUT2D eigenvalue weighted by molar-refractivity contribution is 5.89. The molecule has 0 amide bonds. The molecule has 0 atom stereocenters. The second-order valence-corrected chi connectivity index (χ2v) is 5.99. The zero-order valence-corrected chi connectivity index (χ0v) is 12.5. The van der Waals surface area contributed by atoms with Crippen LogP contribution in [0.15, 0.2) is 24.4 Å². The van der Waals surface area contributed by atoms with Gasteiger partial charge in [0, 0.05) is 22.8 Å². The van der Waals surface area contributed by atoms with Crippen molar-refractivity contribution in [3.05, 3.63) is 30.0 Å². The first kappa shape index (κ1) is 16.2. The Bertz CT molecular complexity index is 712. The average molecular weight is 314 g/mol. The summed E-state index contributed by atoms with van der Waals surface area (Å²) in [7, 11) is 0. The van der Waals surface area contributed by atoms with E-state index in [4.69, 9.17) is 10.5 Å². The zero-order chi connectivity index (χ0) is 16.7. The Morgan fingerprint density at radius 1 is 1.23 bits per heavy atom. The molecule has 0 saturated carbocycles. The van der Waals surface area contributed by atoms with Crippen molar-refractivity contribution in [1.82, 2.24) is 4.57 Å². The number of alkyl halides is 3. The Labute approximate surface area is 125 Å². The normalized spacial score (nSPS) is 12.6. The number of carbonyl (C=O) groups is 1. The van der Waals surface area contributed by atoms with Crippen molar-refractivity contribution in [1.29, 1.82) is 0 Å².